The van der Waals surface area contributed by atoms with Crippen LogP contribution in [-0.2, 0) is 9.59 Å². The number of rotatable bonds is 2. The van der Waals surface area contributed by atoms with E-state index in [4.69, 9.17) is 5.73 Å². The Morgan fingerprint density at radius 2 is 2.06 bits per heavy atom. The van der Waals surface area contributed by atoms with Gasteiger partial charge in [0.25, 0.3) is 0 Å². The number of piperazine rings is 1. The number of hydrogen-bond acceptors (Lipinski definition) is 4. The third kappa shape index (κ3) is 2.76. The average molecular weight is 240 g/mol. The summed E-state index contributed by atoms with van der Waals surface area (Å²) in [5.41, 5.74) is 5.36. The third-order valence-electron chi connectivity index (χ3n) is 3.45. The fraction of sp³-hybridized carbons (Fsp3) is 0.818. The molecule has 96 valence electrons. The van der Waals surface area contributed by atoms with E-state index in [0.29, 0.717) is 19.5 Å². The summed E-state index contributed by atoms with van der Waals surface area (Å²) >= 11 is 0. The van der Waals surface area contributed by atoms with Gasteiger partial charge in [0.15, 0.2) is 0 Å². The van der Waals surface area contributed by atoms with Gasteiger partial charge in [0, 0.05) is 26.2 Å². The van der Waals surface area contributed by atoms with Gasteiger partial charge in [-0.25, -0.2) is 0 Å². The highest BCUT2D eigenvalue weighted by Crippen LogP contribution is 2.17. The third-order valence-corrected chi connectivity index (χ3v) is 3.45. The molecule has 0 aliphatic carbocycles. The van der Waals surface area contributed by atoms with Gasteiger partial charge >= 0.3 is 0 Å². The summed E-state index contributed by atoms with van der Waals surface area (Å²) < 4.78 is 0. The van der Waals surface area contributed by atoms with E-state index in [-0.39, 0.29) is 17.9 Å². The number of carbonyl (C=O) groups is 2. The molecule has 0 saturated carbocycles. The standard InChI is InChI=1S/C11H20N4O2/c12-10(16)9-3-1-2-6-15(9)11(17)8-7-13-4-5-14-8/h8-9,13-14H,1-7H2,(H2,12,16). The Morgan fingerprint density at radius 3 is 2.71 bits per heavy atom. The minimum atomic E-state index is -0.417. The largest absolute Gasteiger partial charge is 0.368 e. The number of hydrogen-bond donors (Lipinski definition) is 3. The molecule has 17 heavy (non-hydrogen) atoms. The first-order chi connectivity index (χ1) is 8.20. The van der Waals surface area contributed by atoms with Crippen LogP contribution in [0.25, 0.3) is 0 Å². The van der Waals surface area contributed by atoms with Crippen LogP contribution in [0.5, 0.6) is 0 Å². The van der Waals surface area contributed by atoms with Gasteiger partial charge in [-0.2, -0.15) is 0 Å². The Balaban J connectivity index is 2.02. The molecule has 2 saturated heterocycles. The molecule has 4 N–H and O–H groups in total. The van der Waals surface area contributed by atoms with Gasteiger partial charge in [0.05, 0.1) is 6.04 Å². The molecule has 2 aliphatic heterocycles. The normalized spacial score (nSPS) is 30.0. The Labute approximate surface area is 101 Å². The second-order valence-electron chi connectivity index (χ2n) is 4.66. The van der Waals surface area contributed by atoms with Crippen molar-refractivity contribution in [3.05, 3.63) is 0 Å². The lowest BCUT2D eigenvalue weighted by molar-refractivity contribution is -0.142. The lowest BCUT2D eigenvalue weighted by Crippen LogP contribution is -2.60. The van der Waals surface area contributed by atoms with Gasteiger partial charge in [0.1, 0.15) is 6.04 Å². The molecule has 2 fully saturated rings. The lowest BCUT2D eigenvalue weighted by atomic mass is 10.00. The molecule has 0 aromatic carbocycles. The van der Waals surface area contributed by atoms with Crippen molar-refractivity contribution in [2.45, 2.75) is 31.3 Å². The molecule has 0 spiro atoms. The fourth-order valence-corrected chi connectivity index (χ4v) is 2.52. The van der Waals surface area contributed by atoms with Crippen molar-refractivity contribution in [3.8, 4) is 0 Å². The molecule has 2 unspecified atom stereocenters. The number of carbonyl (C=O) groups excluding carboxylic acids is 2. The molecular weight excluding hydrogens is 220 g/mol. The Hall–Kier alpha value is -1.14. The zero-order chi connectivity index (χ0) is 12.3. The Kier molecular flexibility index (Phi) is 3.96. The maximum absolute atomic E-state index is 12.3. The Morgan fingerprint density at radius 1 is 1.24 bits per heavy atom. The van der Waals surface area contributed by atoms with Crippen LogP contribution in [0.4, 0.5) is 0 Å². The minimum Gasteiger partial charge on any atom is -0.368 e. The number of nitrogens with two attached hydrogens (primary N) is 1. The van der Waals surface area contributed by atoms with Crippen molar-refractivity contribution in [2.24, 2.45) is 5.73 Å². The average Bonchev–Trinajstić information content (AvgIpc) is 2.39. The van der Waals surface area contributed by atoms with Gasteiger partial charge in [-0.05, 0) is 19.3 Å². The highest BCUT2D eigenvalue weighted by molar-refractivity contribution is 5.89. The van der Waals surface area contributed by atoms with Gasteiger partial charge in [-0.3, -0.25) is 9.59 Å². The molecule has 6 heteroatoms. The molecule has 2 heterocycles. The summed E-state index contributed by atoms with van der Waals surface area (Å²) in [7, 11) is 0. The van der Waals surface area contributed by atoms with Crippen LogP contribution in [0.15, 0.2) is 0 Å². The van der Waals surface area contributed by atoms with E-state index in [9.17, 15) is 9.59 Å². The highest BCUT2D eigenvalue weighted by atomic mass is 16.2. The number of amides is 2. The van der Waals surface area contributed by atoms with Gasteiger partial charge < -0.3 is 21.3 Å². The molecule has 2 aliphatic rings. The van der Waals surface area contributed by atoms with E-state index in [0.717, 1.165) is 25.9 Å². The summed E-state index contributed by atoms with van der Waals surface area (Å²) in [5, 5.41) is 6.34. The van der Waals surface area contributed by atoms with Crippen LogP contribution >= 0.6 is 0 Å². The van der Waals surface area contributed by atoms with Crippen LogP contribution in [-0.4, -0.2) is 55.0 Å². The summed E-state index contributed by atoms with van der Waals surface area (Å²) in [6.45, 7) is 2.93. The molecule has 0 aromatic heterocycles. The van der Waals surface area contributed by atoms with Crippen LogP contribution in [0, 0.1) is 0 Å². The maximum atomic E-state index is 12.3. The molecule has 0 radical (unpaired) electrons. The Bertz CT molecular complexity index is 302. The minimum absolute atomic E-state index is 0.000648. The summed E-state index contributed by atoms with van der Waals surface area (Å²) in [4.78, 5) is 25.3. The van der Waals surface area contributed by atoms with Crippen molar-refractivity contribution in [2.75, 3.05) is 26.2 Å². The molecule has 0 bridgehead atoms. The van der Waals surface area contributed by atoms with E-state index in [1.165, 1.54) is 0 Å². The predicted octanol–water partition coefficient (Wildman–Crippen LogP) is -1.59. The second-order valence-corrected chi connectivity index (χ2v) is 4.66. The van der Waals surface area contributed by atoms with E-state index in [1.54, 1.807) is 4.90 Å². The summed E-state index contributed by atoms with van der Waals surface area (Å²) in [5.74, 6) is -0.387. The smallest absolute Gasteiger partial charge is 0.241 e. The van der Waals surface area contributed by atoms with E-state index >= 15 is 0 Å². The second kappa shape index (κ2) is 5.46. The summed E-state index contributed by atoms with van der Waals surface area (Å²) in [6, 6.07) is -0.635. The van der Waals surface area contributed by atoms with E-state index in [2.05, 4.69) is 10.6 Å². The lowest BCUT2D eigenvalue weighted by Gasteiger charge is -2.37. The van der Waals surface area contributed by atoms with Crippen LogP contribution in [0.1, 0.15) is 19.3 Å². The monoisotopic (exact) mass is 240 g/mol. The highest BCUT2D eigenvalue weighted by Gasteiger charge is 2.34. The van der Waals surface area contributed by atoms with Crippen molar-refractivity contribution in [3.63, 3.8) is 0 Å². The van der Waals surface area contributed by atoms with Crippen molar-refractivity contribution < 1.29 is 9.59 Å². The molecule has 0 aromatic rings. The van der Waals surface area contributed by atoms with Crippen molar-refractivity contribution >= 4 is 11.8 Å². The molecule has 2 amide bonds. The first-order valence-electron chi connectivity index (χ1n) is 6.24. The van der Waals surface area contributed by atoms with Gasteiger partial charge in [-0.15, -0.1) is 0 Å². The quantitative estimate of drug-likeness (QED) is 0.543. The van der Waals surface area contributed by atoms with Gasteiger partial charge in [-0.1, -0.05) is 0 Å². The number of likely N-dealkylation sites (tertiary alicyclic amines) is 1. The number of nitrogens with zero attached hydrogens (tertiary/aromatic N) is 1. The maximum Gasteiger partial charge on any atom is 0.241 e. The van der Waals surface area contributed by atoms with Crippen LogP contribution in [0.3, 0.4) is 0 Å². The first-order valence-corrected chi connectivity index (χ1v) is 6.24. The predicted molar refractivity (Wildman–Crippen MR) is 63.2 cm³/mol. The number of piperidine rings is 1. The molecular formula is C11H20N4O2. The molecule has 6 nitrogen and oxygen atoms in total. The number of primary amides is 1. The SMILES string of the molecule is NC(=O)C1CCCCN1C(=O)C1CNCCN1. The van der Waals surface area contributed by atoms with Crippen molar-refractivity contribution in [1.29, 1.82) is 0 Å². The van der Waals surface area contributed by atoms with Crippen LogP contribution in [0.2, 0.25) is 0 Å². The van der Waals surface area contributed by atoms with E-state index < -0.39 is 6.04 Å². The zero-order valence-electron chi connectivity index (χ0n) is 9.95. The van der Waals surface area contributed by atoms with Crippen LogP contribution < -0.4 is 16.4 Å². The first kappa shape index (κ1) is 12.3. The van der Waals surface area contributed by atoms with E-state index in [1.807, 2.05) is 0 Å². The molecule has 2 rings (SSSR count). The zero-order valence-corrected chi connectivity index (χ0v) is 9.95. The summed E-state index contributed by atoms with van der Waals surface area (Å²) in [6.07, 6.45) is 2.62. The topological polar surface area (TPSA) is 87.5 Å². The van der Waals surface area contributed by atoms with Gasteiger partial charge in [0.2, 0.25) is 11.8 Å². The number of nitrogens with one attached hydrogen (secondary N) is 2. The molecule has 2 atom stereocenters. The van der Waals surface area contributed by atoms with Crippen molar-refractivity contribution in [1.82, 2.24) is 15.5 Å². The fourth-order valence-electron chi connectivity index (χ4n) is 2.52.